The van der Waals surface area contributed by atoms with E-state index in [0.717, 1.165) is 0 Å². The standard InChI is InChI=1S/C12H10N4O3.C9H5N3O3.C3H5N/c13-5-8-6-16(15-14-8)10-3-7-1-2-9(17)4-11(7)19-12(10)18;10-12-11-7-3-5-1-2-6(13)4-8(5)15-9(7)14;1-2-3-4/h1-4,6,17H,5,13H2;1-4,13H;1H,3-4H2. The Bertz CT molecular complexity index is 1790. The fourth-order valence-electron chi connectivity index (χ4n) is 2.97. The summed E-state index contributed by atoms with van der Waals surface area (Å²) in [6.45, 7) is 0.590. The van der Waals surface area contributed by atoms with Crippen molar-refractivity contribution < 1.29 is 19.0 Å². The van der Waals surface area contributed by atoms with Crippen LogP contribution in [0.2, 0.25) is 0 Å². The van der Waals surface area contributed by atoms with Crippen LogP contribution in [-0.2, 0) is 6.54 Å². The van der Waals surface area contributed by atoms with Gasteiger partial charge >= 0.3 is 11.3 Å². The molecule has 3 heterocycles. The minimum atomic E-state index is -0.731. The minimum Gasteiger partial charge on any atom is -0.508 e. The van der Waals surface area contributed by atoms with Crippen LogP contribution in [0.1, 0.15) is 5.69 Å². The zero-order valence-electron chi connectivity index (χ0n) is 19.6. The Hall–Kier alpha value is -5.61. The van der Waals surface area contributed by atoms with Crippen molar-refractivity contribution in [3.05, 3.63) is 91.7 Å². The van der Waals surface area contributed by atoms with Crippen LogP contribution < -0.4 is 22.7 Å². The molecule has 0 amide bonds. The topological polar surface area (TPSA) is 232 Å². The summed E-state index contributed by atoms with van der Waals surface area (Å²) in [5.74, 6) is 2.25. The summed E-state index contributed by atoms with van der Waals surface area (Å²) in [5, 5.41) is 30.6. The summed E-state index contributed by atoms with van der Waals surface area (Å²) >= 11 is 0. The second-order valence-electron chi connectivity index (χ2n) is 7.24. The first kappa shape index (κ1) is 27.0. The Balaban J connectivity index is 0.000000189. The van der Waals surface area contributed by atoms with Gasteiger partial charge in [0.15, 0.2) is 5.69 Å². The number of nitrogens with zero attached hydrogens (tertiary/aromatic N) is 6. The Labute approximate surface area is 213 Å². The zero-order chi connectivity index (χ0) is 27.7. The van der Waals surface area contributed by atoms with Crippen LogP contribution in [0.5, 0.6) is 11.5 Å². The number of benzene rings is 2. The number of nitrogens with two attached hydrogens (primary N) is 2. The van der Waals surface area contributed by atoms with Gasteiger partial charge in [-0.1, -0.05) is 16.2 Å². The van der Waals surface area contributed by atoms with Gasteiger partial charge in [0.1, 0.15) is 28.4 Å². The van der Waals surface area contributed by atoms with Gasteiger partial charge in [0.05, 0.1) is 18.4 Å². The van der Waals surface area contributed by atoms with Crippen LogP contribution in [0, 0.1) is 12.3 Å². The van der Waals surface area contributed by atoms with Crippen molar-refractivity contribution in [1.82, 2.24) is 15.0 Å². The summed E-state index contributed by atoms with van der Waals surface area (Å²) in [5.41, 5.74) is 18.4. The molecule has 6 N–H and O–H groups in total. The van der Waals surface area contributed by atoms with E-state index in [9.17, 15) is 14.7 Å². The number of terminal acetylenes is 1. The first-order valence-corrected chi connectivity index (χ1v) is 10.6. The summed E-state index contributed by atoms with van der Waals surface area (Å²) < 4.78 is 11.3. The van der Waals surface area contributed by atoms with Gasteiger partial charge in [-0.15, -0.1) is 11.5 Å². The van der Waals surface area contributed by atoms with E-state index in [1.165, 1.54) is 35.0 Å². The van der Waals surface area contributed by atoms with Crippen molar-refractivity contribution in [2.45, 2.75) is 6.54 Å². The molecule has 0 bridgehead atoms. The van der Waals surface area contributed by atoms with Crippen molar-refractivity contribution in [2.24, 2.45) is 16.6 Å². The SMILES string of the molecule is C#CCN.NCc1cn(-c2cc3ccc(O)cc3oc2=O)nn1.[N-]=[N+]=Nc1cc2ccc(O)cc2oc1=O. The predicted molar refractivity (Wildman–Crippen MR) is 138 cm³/mol. The molecule has 0 radical (unpaired) electrons. The van der Waals surface area contributed by atoms with E-state index >= 15 is 0 Å². The fourth-order valence-corrected chi connectivity index (χ4v) is 2.97. The van der Waals surface area contributed by atoms with Crippen LogP contribution in [0.3, 0.4) is 0 Å². The van der Waals surface area contributed by atoms with Gasteiger partial charge in [0.25, 0.3) is 0 Å². The number of phenols is 2. The molecule has 192 valence electrons. The molecule has 38 heavy (non-hydrogen) atoms. The Kier molecular flexibility index (Phi) is 8.79. The van der Waals surface area contributed by atoms with E-state index in [1.54, 1.807) is 24.4 Å². The number of azide groups is 1. The number of aromatic nitrogens is 3. The molecule has 5 aromatic rings. The monoisotopic (exact) mass is 516 g/mol. The molecule has 0 aliphatic rings. The molecule has 0 fully saturated rings. The third kappa shape index (κ3) is 6.53. The highest BCUT2D eigenvalue weighted by Crippen LogP contribution is 2.22. The number of phenolic OH excluding ortho intramolecular Hbond substituents is 2. The Morgan fingerprint density at radius 1 is 1.00 bits per heavy atom. The second kappa shape index (κ2) is 12.4. The number of hydrogen-bond acceptors (Lipinski definition) is 11. The molecule has 0 saturated heterocycles. The molecule has 0 aliphatic carbocycles. The normalized spacial score (nSPS) is 9.92. The van der Waals surface area contributed by atoms with Crippen molar-refractivity contribution >= 4 is 27.6 Å². The molecule has 14 heteroatoms. The highest BCUT2D eigenvalue weighted by atomic mass is 16.4. The van der Waals surface area contributed by atoms with E-state index in [0.29, 0.717) is 28.6 Å². The molecule has 0 unspecified atom stereocenters. The van der Waals surface area contributed by atoms with Crippen LogP contribution in [0.15, 0.2) is 78.3 Å². The molecule has 0 aliphatic heterocycles. The largest absolute Gasteiger partial charge is 0.508 e. The molecule has 5 rings (SSSR count). The van der Waals surface area contributed by atoms with Gasteiger partial charge in [0, 0.05) is 34.4 Å². The van der Waals surface area contributed by atoms with Crippen molar-refractivity contribution in [1.29, 1.82) is 0 Å². The van der Waals surface area contributed by atoms with Gasteiger partial charge in [0.2, 0.25) is 0 Å². The molecular formula is C24H20N8O6. The highest BCUT2D eigenvalue weighted by molar-refractivity contribution is 5.80. The van der Waals surface area contributed by atoms with Crippen LogP contribution >= 0.6 is 0 Å². The quantitative estimate of drug-likeness (QED) is 0.0899. The van der Waals surface area contributed by atoms with E-state index < -0.39 is 11.3 Å². The predicted octanol–water partition coefficient (Wildman–Crippen LogP) is 2.56. The average Bonchev–Trinajstić information content (AvgIpc) is 3.38. The molecule has 3 aromatic heterocycles. The van der Waals surface area contributed by atoms with E-state index in [-0.39, 0.29) is 35.0 Å². The smallest absolute Gasteiger partial charge is 0.362 e. The summed E-state index contributed by atoms with van der Waals surface area (Å²) in [7, 11) is 0. The maximum atomic E-state index is 11.9. The van der Waals surface area contributed by atoms with Gasteiger partial charge < -0.3 is 30.5 Å². The molecular weight excluding hydrogens is 496 g/mol. The third-order valence-corrected chi connectivity index (χ3v) is 4.67. The number of aromatic hydroxyl groups is 2. The molecule has 14 nitrogen and oxygen atoms in total. The maximum Gasteiger partial charge on any atom is 0.362 e. The van der Waals surface area contributed by atoms with Crippen molar-refractivity contribution in [3.8, 4) is 29.5 Å². The lowest BCUT2D eigenvalue weighted by Gasteiger charge is -2.01. The van der Waals surface area contributed by atoms with Crippen LogP contribution in [0.25, 0.3) is 38.1 Å². The molecule has 0 spiro atoms. The minimum absolute atomic E-state index is 0.00202. The van der Waals surface area contributed by atoms with Crippen LogP contribution in [0.4, 0.5) is 5.69 Å². The van der Waals surface area contributed by atoms with Crippen molar-refractivity contribution in [2.75, 3.05) is 6.54 Å². The van der Waals surface area contributed by atoms with Gasteiger partial charge in [-0.05, 0) is 41.9 Å². The second-order valence-corrected chi connectivity index (χ2v) is 7.24. The summed E-state index contributed by atoms with van der Waals surface area (Å²) in [6.07, 6.45) is 6.22. The van der Waals surface area contributed by atoms with Gasteiger partial charge in [-0.25, -0.2) is 14.3 Å². The average molecular weight is 516 g/mol. The first-order valence-electron chi connectivity index (χ1n) is 10.6. The van der Waals surface area contributed by atoms with Gasteiger partial charge in [-0.2, -0.15) is 0 Å². The number of rotatable bonds is 3. The molecule has 2 aromatic carbocycles. The lowest BCUT2D eigenvalue weighted by molar-refractivity contribution is 0.472. The highest BCUT2D eigenvalue weighted by Gasteiger charge is 2.10. The zero-order valence-corrected chi connectivity index (χ0v) is 19.6. The maximum absolute atomic E-state index is 11.9. The Morgan fingerprint density at radius 2 is 1.58 bits per heavy atom. The Morgan fingerprint density at radius 3 is 2.11 bits per heavy atom. The molecule has 0 saturated carbocycles. The van der Waals surface area contributed by atoms with E-state index in [4.69, 9.17) is 30.9 Å². The third-order valence-electron chi connectivity index (χ3n) is 4.67. The van der Waals surface area contributed by atoms with E-state index in [2.05, 4.69) is 32.7 Å². The lowest BCUT2D eigenvalue weighted by Crippen LogP contribution is -2.10. The lowest BCUT2D eigenvalue weighted by atomic mass is 10.2. The molecule has 0 atom stereocenters. The number of fused-ring (bicyclic) bond motifs is 2. The summed E-state index contributed by atoms with van der Waals surface area (Å²) in [4.78, 5) is 25.6. The fraction of sp³-hybridized carbons (Fsp3) is 0.0833. The van der Waals surface area contributed by atoms with Crippen molar-refractivity contribution in [3.63, 3.8) is 0 Å². The number of hydrogen-bond donors (Lipinski definition) is 4. The van der Waals surface area contributed by atoms with Crippen LogP contribution in [-0.4, -0.2) is 31.8 Å². The van der Waals surface area contributed by atoms with Gasteiger partial charge in [-0.3, -0.25) is 0 Å². The summed E-state index contributed by atoms with van der Waals surface area (Å²) in [6, 6.07) is 11.9. The van der Waals surface area contributed by atoms with E-state index in [1.807, 2.05) is 0 Å². The first-order chi connectivity index (χ1) is 18.3.